The Morgan fingerprint density at radius 1 is 1.29 bits per heavy atom. The van der Waals surface area contributed by atoms with Crippen molar-refractivity contribution in [2.75, 3.05) is 13.6 Å². The van der Waals surface area contributed by atoms with Gasteiger partial charge in [0.05, 0.1) is 6.54 Å². The van der Waals surface area contributed by atoms with Crippen LogP contribution in [0.4, 0.5) is 0 Å². The van der Waals surface area contributed by atoms with Crippen LogP contribution in [0.3, 0.4) is 0 Å². The van der Waals surface area contributed by atoms with Crippen LogP contribution in [0.25, 0.3) is 0 Å². The Morgan fingerprint density at radius 3 is 2.52 bits per heavy atom. The van der Waals surface area contributed by atoms with Gasteiger partial charge in [-0.1, -0.05) is 0 Å². The highest BCUT2D eigenvalue weighted by Gasteiger charge is 2.23. The molecule has 0 atom stereocenters. The number of nitrogens with zero attached hydrogens (tertiary/aromatic N) is 2. The van der Waals surface area contributed by atoms with Crippen molar-refractivity contribution in [2.45, 2.75) is 12.8 Å². The molecule has 2 rings (SSSR count). The van der Waals surface area contributed by atoms with Gasteiger partial charge in [-0.2, -0.15) is 5.10 Å². The van der Waals surface area contributed by atoms with Gasteiger partial charge in [-0.25, -0.2) is 5.43 Å². The van der Waals surface area contributed by atoms with Gasteiger partial charge in [-0.05, 0) is 24.3 Å². The first-order valence-corrected chi connectivity index (χ1v) is 6.40. The van der Waals surface area contributed by atoms with E-state index >= 15 is 0 Å². The molecule has 2 N–H and O–H groups in total. The van der Waals surface area contributed by atoms with Gasteiger partial charge in [-0.15, -0.1) is 0 Å². The first kappa shape index (κ1) is 14.7. The van der Waals surface area contributed by atoms with Crippen molar-refractivity contribution >= 4 is 23.3 Å². The standard InChI is InChI=1S/C14H15N3O4/c1-17(14(21)11-6-7-13(20)16-15-11)8-12(19)9-2-4-10(18)5-3-9/h2-5,18H,6-8H2,1H3,(H,16,20). The number of amides is 2. The molecule has 1 aliphatic heterocycles. The number of aromatic hydroxyl groups is 1. The van der Waals surface area contributed by atoms with E-state index < -0.39 is 0 Å². The van der Waals surface area contributed by atoms with Gasteiger partial charge in [0.25, 0.3) is 5.91 Å². The predicted molar refractivity (Wildman–Crippen MR) is 74.9 cm³/mol. The molecule has 0 radical (unpaired) electrons. The number of nitrogens with one attached hydrogen (secondary N) is 1. The number of likely N-dealkylation sites (N-methyl/N-ethyl adjacent to an activating group) is 1. The molecule has 0 spiro atoms. The van der Waals surface area contributed by atoms with Crippen molar-refractivity contribution in [3.05, 3.63) is 29.8 Å². The van der Waals surface area contributed by atoms with Crippen molar-refractivity contribution in [1.29, 1.82) is 0 Å². The molecule has 21 heavy (non-hydrogen) atoms. The van der Waals surface area contributed by atoms with Gasteiger partial charge in [0.2, 0.25) is 5.91 Å². The molecule has 1 aliphatic rings. The van der Waals surface area contributed by atoms with Crippen molar-refractivity contribution in [3.63, 3.8) is 0 Å². The predicted octanol–water partition coefficient (Wildman–Crippen LogP) is 0.299. The molecule has 0 saturated heterocycles. The van der Waals surface area contributed by atoms with E-state index in [9.17, 15) is 19.5 Å². The van der Waals surface area contributed by atoms with Gasteiger partial charge in [0.15, 0.2) is 5.78 Å². The smallest absolute Gasteiger partial charge is 0.270 e. The van der Waals surface area contributed by atoms with Crippen molar-refractivity contribution in [3.8, 4) is 5.75 Å². The summed E-state index contributed by atoms with van der Waals surface area (Å²) < 4.78 is 0. The summed E-state index contributed by atoms with van der Waals surface area (Å²) in [5.74, 6) is -0.786. The topological polar surface area (TPSA) is 99.1 Å². The Hall–Kier alpha value is -2.70. The average Bonchev–Trinajstić information content (AvgIpc) is 2.47. The van der Waals surface area contributed by atoms with E-state index in [0.717, 1.165) is 0 Å². The molecule has 2 amide bonds. The first-order chi connectivity index (χ1) is 9.97. The Labute approximate surface area is 121 Å². The highest BCUT2D eigenvalue weighted by Crippen LogP contribution is 2.11. The van der Waals surface area contributed by atoms with E-state index in [1.54, 1.807) is 0 Å². The van der Waals surface area contributed by atoms with E-state index in [2.05, 4.69) is 10.5 Å². The molecule has 0 unspecified atom stereocenters. The van der Waals surface area contributed by atoms with E-state index in [1.165, 1.54) is 36.2 Å². The Morgan fingerprint density at radius 2 is 1.95 bits per heavy atom. The number of carbonyl (C=O) groups is 3. The number of rotatable bonds is 4. The molecule has 0 saturated carbocycles. The summed E-state index contributed by atoms with van der Waals surface area (Å²) in [6, 6.07) is 5.81. The minimum Gasteiger partial charge on any atom is -0.508 e. The van der Waals surface area contributed by atoms with Gasteiger partial charge in [0, 0.05) is 25.5 Å². The number of phenols is 1. The molecule has 0 aromatic heterocycles. The van der Waals surface area contributed by atoms with Crippen LogP contribution in [0.2, 0.25) is 0 Å². The minimum absolute atomic E-state index is 0.0725. The number of Topliss-reactive ketones (excluding diaryl/α,β-unsaturated/α-hetero) is 1. The lowest BCUT2D eigenvalue weighted by Crippen LogP contribution is -2.40. The van der Waals surface area contributed by atoms with Crippen LogP contribution in [-0.2, 0) is 9.59 Å². The van der Waals surface area contributed by atoms with E-state index in [4.69, 9.17) is 0 Å². The number of hydrogen-bond acceptors (Lipinski definition) is 5. The molecule has 0 aliphatic carbocycles. The fraction of sp³-hybridized carbons (Fsp3) is 0.286. The molecular weight excluding hydrogens is 274 g/mol. The SMILES string of the molecule is CN(CC(=O)c1ccc(O)cc1)C(=O)C1=NNC(=O)CC1. The fourth-order valence-electron chi connectivity index (χ4n) is 1.87. The lowest BCUT2D eigenvalue weighted by atomic mass is 10.1. The quantitative estimate of drug-likeness (QED) is 0.779. The van der Waals surface area contributed by atoms with Gasteiger partial charge in [-0.3, -0.25) is 14.4 Å². The van der Waals surface area contributed by atoms with E-state index in [-0.39, 0.29) is 48.4 Å². The zero-order valence-corrected chi connectivity index (χ0v) is 11.5. The number of benzene rings is 1. The fourth-order valence-corrected chi connectivity index (χ4v) is 1.87. The maximum Gasteiger partial charge on any atom is 0.270 e. The Balaban J connectivity index is 1.99. The normalized spacial score (nSPS) is 14.1. The number of hydrogen-bond donors (Lipinski definition) is 2. The summed E-state index contributed by atoms with van der Waals surface area (Å²) in [5.41, 5.74) is 2.89. The monoisotopic (exact) mass is 289 g/mol. The van der Waals surface area contributed by atoms with Crippen molar-refractivity contribution in [1.82, 2.24) is 10.3 Å². The average molecular weight is 289 g/mol. The van der Waals surface area contributed by atoms with Crippen LogP contribution < -0.4 is 5.43 Å². The molecule has 7 heteroatoms. The van der Waals surface area contributed by atoms with Crippen molar-refractivity contribution < 1.29 is 19.5 Å². The maximum absolute atomic E-state index is 12.1. The summed E-state index contributed by atoms with van der Waals surface area (Å²) in [6.07, 6.45) is 0.479. The van der Waals surface area contributed by atoms with Crippen LogP contribution in [0.1, 0.15) is 23.2 Å². The summed E-state index contributed by atoms with van der Waals surface area (Å²) in [6.45, 7) is -0.101. The second-order valence-corrected chi connectivity index (χ2v) is 4.72. The molecule has 110 valence electrons. The van der Waals surface area contributed by atoms with Crippen LogP contribution >= 0.6 is 0 Å². The summed E-state index contributed by atoms with van der Waals surface area (Å²) in [4.78, 5) is 36.3. The first-order valence-electron chi connectivity index (χ1n) is 6.40. The summed E-state index contributed by atoms with van der Waals surface area (Å²) >= 11 is 0. The Kier molecular flexibility index (Phi) is 4.32. The molecular formula is C14H15N3O4. The summed E-state index contributed by atoms with van der Waals surface area (Å²) in [5, 5.41) is 12.9. The van der Waals surface area contributed by atoms with Crippen LogP contribution in [0, 0.1) is 0 Å². The van der Waals surface area contributed by atoms with Crippen LogP contribution in [0.15, 0.2) is 29.4 Å². The third kappa shape index (κ3) is 3.65. The highest BCUT2D eigenvalue weighted by atomic mass is 16.3. The van der Waals surface area contributed by atoms with E-state index in [1.807, 2.05) is 0 Å². The van der Waals surface area contributed by atoms with Crippen LogP contribution in [-0.4, -0.2) is 46.9 Å². The zero-order chi connectivity index (χ0) is 15.4. The molecule has 0 bridgehead atoms. The van der Waals surface area contributed by atoms with Gasteiger partial charge >= 0.3 is 0 Å². The molecule has 1 heterocycles. The number of phenolic OH excluding ortho intramolecular Hbond substituents is 1. The molecule has 7 nitrogen and oxygen atoms in total. The molecule has 0 fully saturated rings. The second-order valence-electron chi connectivity index (χ2n) is 4.72. The lowest BCUT2D eigenvalue weighted by molar-refractivity contribution is -0.123. The summed E-state index contributed by atoms with van der Waals surface area (Å²) in [7, 11) is 1.50. The van der Waals surface area contributed by atoms with E-state index in [0.29, 0.717) is 5.56 Å². The van der Waals surface area contributed by atoms with Crippen molar-refractivity contribution in [2.24, 2.45) is 5.10 Å². The molecule has 1 aromatic carbocycles. The van der Waals surface area contributed by atoms with Crippen LogP contribution in [0.5, 0.6) is 5.75 Å². The number of carbonyl (C=O) groups excluding carboxylic acids is 3. The molecule has 1 aromatic rings. The Bertz CT molecular complexity index is 607. The lowest BCUT2D eigenvalue weighted by Gasteiger charge is -2.19. The maximum atomic E-state index is 12.1. The second kappa shape index (κ2) is 6.17. The van der Waals surface area contributed by atoms with Gasteiger partial charge < -0.3 is 10.0 Å². The largest absolute Gasteiger partial charge is 0.508 e. The third-order valence-corrected chi connectivity index (χ3v) is 3.07. The number of ketones is 1. The van der Waals surface area contributed by atoms with Gasteiger partial charge in [0.1, 0.15) is 11.5 Å². The zero-order valence-electron chi connectivity index (χ0n) is 11.5. The third-order valence-electron chi connectivity index (χ3n) is 3.07. The number of hydrazone groups is 1. The highest BCUT2D eigenvalue weighted by molar-refractivity contribution is 6.39. The minimum atomic E-state index is -0.387.